The second-order valence-corrected chi connectivity index (χ2v) is 10.2. The molecule has 0 bridgehead atoms. The highest BCUT2D eigenvalue weighted by Gasteiger charge is 2.69. The smallest absolute Gasteiger partial charge is 0.235 e. The number of anilines is 1. The van der Waals surface area contributed by atoms with E-state index in [4.69, 9.17) is 5.73 Å². The van der Waals surface area contributed by atoms with Crippen LogP contribution in [-0.4, -0.2) is 76.9 Å². The van der Waals surface area contributed by atoms with Gasteiger partial charge in [-0.2, -0.15) is 0 Å². The minimum Gasteiger partial charge on any atom is -0.507 e. The minimum atomic E-state index is -2.72. The first-order chi connectivity index (χ1) is 16.9. The van der Waals surface area contributed by atoms with Crippen molar-refractivity contribution in [3.63, 3.8) is 0 Å². The van der Waals surface area contributed by atoms with Crippen LogP contribution in [0.1, 0.15) is 22.3 Å². The summed E-state index contributed by atoms with van der Waals surface area (Å²) in [4.78, 5) is 67.4. The summed E-state index contributed by atoms with van der Waals surface area (Å²) in [7, 11) is 4.85. The molecule has 3 aliphatic rings. The zero-order chi connectivity index (χ0) is 26.3. The van der Waals surface area contributed by atoms with Gasteiger partial charge in [-0.3, -0.25) is 28.9 Å². The van der Waals surface area contributed by atoms with Crippen molar-refractivity contribution in [2.75, 3.05) is 26.5 Å². The zero-order valence-corrected chi connectivity index (χ0v) is 20.1. The molecule has 10 nitrogen and oxygen atoms in total. The molecule has 188 valence electrons. The second kappa shape index (κ2) is 7.94. The third-order valence-electron chi connectivity index (χ3n) is 8.18. The van der Waals surface area contributed by atoms with Gasteiger partial charge in [0.05, 0.1) is 17.5 Å². The monoisotopic (exact) mass is 493 g/mol. The highest BCUT2D eigenvalue weighted by atomic mass is 16.3. The number of hydrogen-bond acceptors (Lipinski definition) is 9. The van der Waals surface area contributed by atoms with E-state index >= 15 is 0 Å². The lowest BCUT2D eigenvalue weighted by Crippen LogP contribution is -2.74. The van der Waals surface area contributed by atoms with Crippen molar-refractivity contribution in [3.8, 4) is 5.75 Å². The molecule has 2 aromatic carbocycles. The molecular formula is C26H27N3O7. The predicted molar refractivity (Wildman–Crippen MR) is 128 cm³/mol. The lowest BCUT2D eigenvalue weighted by atomic mass is 9.52. The van der Waals surface area contributed by atoms with Crippen LogP contribution >= 0.6 is 0 Å². The van der Waals surface area contributed by atoms with Crippen LogP contribution in [0.4, 0.5) is 5.69 Å². The summed E-state index contributed by atoms with van der Waals surface area (Å²) >= 11 is 0. The third-order valence-corrected chi connectivity index (χ3v) is 8.18. The molecule has 36 heavy (non-hydrogen) atoms. The summed E-state index contributed by atoms with van der Waals surface area (Å²) in [6.07, 6.45) is 0.254. The number of carbonyl (C=O) groups is 5. The minimum absolute atomic E-state index is 0.0117. The number of aromatic hydroxyl groups is 1. The molecule has 10 heteroatoms. The van der Waals surface area contributed by atoms with E-state index in [1.807, 2.05) is 6.07 Å². The van der Waals surface area contributed by atoms with Gasteiger partial charge >= 0.3 is 0 Å². The van der Waals surface area contributed by atoms with E-state index in [9.17, 15) is 34.2 Å². The summed E-state index contributed by atoms with van der Waals surface area (Å²) in [6.45, 7) is 0. The molecule has 2 saturated carbocycles. The number of rotatable bonds is 3. The van der Waals surface area contributed by atoms with Crippen molar-refractivity contribution in [1.29, 1.82) is 0 Å². The number of phenolic OH excluding ortho intramolecular Hbond substituents is 1. The third kappa shape index (κ3) is 2.94. The van der Waals surface area contributed by atoms with Crippen LogP contribution in [-0.2, 0) is 25.6 Å². The van der Waals surface area contributed by atoms with Crippen molar-refractivity contribution in [2.45, 2.75) is 24.5 Å². The maximum Gasteiger partial charge on any atom is 0.235 e. The summed E-state index contributed by atoms with van der Waals surface area (Å²) in [5.74, 6) is -10.4. The van der Waals surface area contributed by atoms with E-state index in [0.29, 0.717) is 16.3 Å². The highest BCUT2D eigenvalue weighted by molar-refractivity contribution is 6.32. The predicted octanol–water partition coefficient (Wildman–Crippen LogP) is 0.0619. The van der Waals surface area contributed by atoms with Crippen LogP contribution in [0.25, 0.3) is 10.8 Å². The number of likely N-dealkylation sites (N-methyl/N-ethyl adjacent to an activating group) is 1. The van der Waals surface area contributed by atoms with Crippen LogP contribution < -0.4 is 11.1 Å². The molecule has 3 aliphatic carbocycles. The number of aliphatic hydroxyl groups is 1. The lowest BCUT2D eigenvalue weighted by Gasteiger charge is -2.52. The van der Waals surface area contributed by atoms with E-state index < -0.39 is 64.4 Å². The van der Waals surface area contributed by atoms with E-state index in [0.717, 1.165) is 5.69 Å². The van der Waals surface area contributed by atoms with Gasteiger partial charge in [-0.15, -0.1) is 0 Å². The maximum atomic E-state index is 13.8. The number of benzene rings is 2. The fourth-order valence-electron chi connectivity index (χ4n) is 6.62. The zero-order valence-electron chi connectivity index (χ0n) is 20.1. The number of amides is 1. The molecule has 5 rings (SSSR count). The maximum absolute atomic E-state index is 13.8. The number of phenols is 1. The van der Waals surface area contributed by atoms with Gasteiger partial charge in [-0.05, 0) is 50.6 Å². The van der Waals surface area contributed by atoms with Crippen molar-refractivity contribution in [2.24, 2.45) is 29.4 Å². The molecule has 0 heterocycles. The van der Waals surface area contributed by atoms with Gasteiger partial charge in [0.25, 0.3) is 0 Å². The number of nitrogens with zero attached hydrogens (tertiary/aromatic N) is 1. The fraction of sp³-hybridized carbons (Fsp3) is 0.423. The molecule has 0 aromatic heterocycles. The standard InChI is InChI=1S/C26H27N3O7/c1-28-15-6-4-5-12-13(15)8-10-7-11-9-14-19(29(2)3)22(32)18(25(27)35)24(34)26(14,36)23(33)17(11)21(31)16(10)20(12)30/h4-6,8,11,14,17-19,28,30,36H,7,9H2,1-3H3,(H2,27,35)/t11-,14-,17?,18?,19-,26-/m0/s1. The molecule has 2 unspecified atom stereocenters. The number of carbonyl (C=O) groups excluding carboxylic acids is 5. The number of fused-ring (bicyclic) bond motifs is 4. The first-order valence-electron chi connectivity index (χ1n) is 11.7. The quantitative estimate of drug-likeness (QED) is 0.432. The SMILES string of the molecule is CNc1cccc2c(O)c3c(cc12)C[C@H]1C[C@H]2[C@H](N(C)C)C(=O)C(C(N)=O)C(=O)[C@@]2(O)C(=O)C1C3=O. The lowest BCUT2D eigenvalue weighted by molar-refractivity contribution is -0.181. The van der Waals surface area contributed by atoms with E-state index in [1.54, 1.807) is 39.3 Å². The number of primary amides is 1. The Morgan fingerprint density at radius 1 is 1.14 bits per heavy atom. The number of hydrogen-bond donors (Lipinski definition) is 4. The molecule has 1 amide bonds. The van der Waals surface area contributed by atoms with Gasteiger partial charge in [0.1, 0.15) is 5.75 Å². The average molecular weight is 494 g/mol. The van der Waals surface area contributed by atoms with Crippen LogP contribution in [0.2, 0.25) is 0 Å². The largest absolute Gasteiger partial charge is 0.507 e. The van der Waals surface area contributed by atoms with Gasteiger partial charge < -0.3 is 21.3 Å². The topological polar surface area (TPSA) is 167 Å². The van der Waals surface area contributed by atoms with E-state index in [2.05, 4.69) is 5.32 Å². The number of nitrogens with two attached hydrogens (primary N) is 1. The summed E-state index contributed by atoms with van der Waals surface area (Å²) in [5, 5.41) is 26.9. The first-order valence-corrected chi connectivity index (χ1v) is 11.7. The number of Topliss-reactive ketones (excluding diaryl/α,β-unsaturated/α-hetero) is 4. The first kappa shape index (κ1) is 24.1. The van der Waals surface area contributed by atoms with Gasteiger partial charge in [-0.25, -0.2) is 0 Å². The fourth-order valence-corrected chi connectivity index (χ4v) is 6.62. The van der Waals surface area contributed by atoms with Crippen molar-refractivity contribution in [1.82, 2.24) is 4.90 Å². The van der Waals surface area contributed by atoms with Crippen molar-refractivity contribution >= 4 is 45.5 Å². The highest BCUT2D eigenvalue weighted by Crippen LogP contribution is 2.51. The molecule has 0 aliphatic heterocycles. The van der Waals surface area contributed by atoms with Gasteiger partial charge in [-0.1, -0.05) is 12.1 Å². The molecule has 0 spiro atoms. The molecule has 0 saturated heterocycles. The molecule has 5 N–H and O–H groups in total. The Hall–Kier alpha value is -3.63. The molecular weight excluding hydrogens is 466 g/mol. The van der Waals surface area contributed by atoms with Gasteiger partial charge in [0.2, 0.25) is 5.91 Å². The number of nitrogens with one attached hydrogen (secondary N) is 1. The van der Waals surface area contributed by atoms with Crippen LogP contribution in [0.5, 0.6) is 5.75 Å². The Kier molecular flexibility index (Phi) is 5.31. The molecule has 2 aromatic rings. The van der Waals surface area contributed by atoms with E-state index in [1.165, 1.54) is 4.90 Å². The summed E-state index contributed by atoms with van der Waals surface area (Å²) in [5.41, 5.74) is 3.90. The Bertz CT molecular complexity index is 1380. The van der Waals surface area contributed by atoms with Crippen LogP contribution in [0, 0.1) is 23.7 Å². The Labute approximate surface area is 206 Å². The Morgan fingerprint density at radius 2 is 1.83 bits per heavy atom. The van der Waals surface area contributed by atoms with Crippen molar-refractivity contribution in [3.05, 3.63) is 35.4 Å². The van der Waals surface area contributed by atoms with Crippen LogP contribution in [0.15, 0.2) is 24.3 Å². The van der Waals surface area contributed by atoms with Gasteiger partial charge in [0.15, 0.2) is 34.7 Å². The van der Waals surface area contributed by atoms with Gasteiger partial charge in [0, 0.05) is 29.4 Å². The molecule has 0 radical (unpaired) electrons. The van der Waals surface area contributed by atoms with Crippen molar-refractivity contribution < 1.29 is 34.2 Å². The van der Waals surface area contributed by atoms with Crippen LogP contribution in [0.3, 0.4) is 0 Å². The van der Waals surface area contributed by atoms with E-state index in [-0.39, 0.29) is 24.2 Å². The molecule has 6 atom stereocenters. The second-order valence-electron chi connectivity index (χ2n) is 10.2. The summed E-state index contributed by atoms with van der Waals surface area (Å²) in [6, 6.07) is 5.90. The number of ketones is 4. The summed E-state index contributed by atoms with van der Waals surface area (Å²) < 4.78 is 0. The molecule has 2 fully saturated rings. The Morgan fingerprint density at radius 3 is 2.44 bits per heavy atom. The average Bonchev–Trinajstić information content (AvgIpc) is 2.80. The Balaban J connectivity index is 1.68. The normalized spacial score (nSPS) is 31.8.